The van der Waals surface area contributed by atoms with Crippen LogP contribution in [0.15, 0.2) is 152 Å². The summed E-state index contributed by atoms with van der Waals surface area (Å²) in [6.45, 7) is 6.99. The Hall–Kier alpha value is -5.72. The predicted octanol–water partition coefficient (Wildman–Crippen LogP) is 13.2. The van der Waals surface area contributed by atoms with Gasteiger partial charge in [0.05, 0.1) is 0 Å². The van der Waals surface area contributed by atoms with Gasteiger partial charge in [0, 0.05) is 10.8 Å². The van der Waals surface area contributed by atoms with Crippen LogP contribution < -0.4 is 0 Å². The molecule has 0 heteroatoms. The lowest BCUT2D eigenvalue weighted by Gasteiger charge is -2.29. The van der Waals surface area contributed by atoms with E-state index in [4.69, 9.17) is 0 Å². The molecule has 11 rings (SSSR count). The van der Waals surface area contributed by atoms with Crippen molar-refractivity contribution in [2.45, 2.75) is 44.4 Å². The minimum atomic E-state index is -0.116. The molecule has 3 aliphatic rings. The molecule has 0 radical (unpaired) electrons. The van der Waals surface area contributed by atoms with E-state index in [1.165, 1.54) is 105 Å². The Morgan fingerprint density at radius 2 is 0.941 bits per heavy atom. The molecule has 0 bridgehead atoms. The maximum absolute atomic E-state index is 2.56. The second kappa shape index (κ2) is 10.2. The van der Waals surface area contributed by atoms with Gasteiger partial charge in [0.2, 0.25) is 0 Å². The maximum Gasteiger partial charge on any atom is 0.0469 e. The van der Waals surface area contributed by atoms with E-state index in [-0.39, 0.29) is 10.8 Å². The van der Waals surface area contributed by atoms with Gasteiger partial charge < -0.3 is 0 Å². The highest BCUT2D eigenvalue weighted by Gasteiger charge is 2.48. The van der Waals surface area contributed by atoms with Gasteiger partial charge in [0.25, 0.3) is 0 Å². The summed E-state index contributed by atoms with van der Waals surface area (Å²) in [6, 6.07) is 58.1. The second-order valence-electron chi connectivity index (χ2n) is 15.6. The zero-order chi connectivity index (χ0) is 34.1. The van der Waals surface area contributed by atoms with Crippen LogP contribution in [0.4, 0.5) is 0 Å². The molecule has 242 valence electrons. The van der Waals surface area contributed by atoms with Crippen LogP contribution in [0.2, 0.25) is 0 Å². The van der Waals surface area contributed by atoms with Gasteiger partial charge in [0.15, 0.2) is 0 Å². The SMILES string of the molecule is Cc1ccc2c(-c3ccc4c(c3)C3(CCc5ccccc53)c3ccccc3-4)c3ccccc3c(-c3ccc4c(c3)C(C)(C)c3ccccc3-4)c2c1. The van der Waals surface area contributed by atoms with Gasteiger partial charge in [-0.2, -0.15) is 0 Å². The molecule has 0 N–H and O–H groups in total. The number of fused-ring (bicyclic) bond motifs is 12. The molecule has 1 spiro atoms. The Bertz CT molecular complexity index is 2790. The minimum Gasteiger partial charge on any atom is -0.0620 e. The van der Waals surface area contributed by atoms with Crippen LogP contribution >= 0.6 is 0 Å². The number of rotatable bonds is 2. The molecule has 0 saturated carbocycles. The fraction of sp³-hybridized carbons (Fsp3) is 0.137. The van der Waals surface area contributed by atoms with Crippen molar-refractivity contribution < 1.29 is 0 Å². The smallest absolute Gasteiger partial charge is 0.0469 e. The fourth-order valence-corrected chi connectivity index (χ4v) is 10.5. The fourth-order valence-electron chi connectivity index (χ4n) is 10.5. The van der Waals surface area contributed by atoms with Crippen molar-refractivity contribution in [3.63, 3.8) is 0 Å². The minimum absolute atomic E-state index is 0.0553. The summed E-state index contributed by atoms with van der Waals surface area (Å²) in [7, 11) is 0. The van der Waals surface area contributed by atoms with Crippen molar-refractivity contribution in [3.05, 3.63) is 191 Å². The lowest BCUT2D eigenvalue weighted by Crippen LogP contribution is -2.23. The molecule has 0 heterocycles. The quantitative estimate of drug-likeness (QED) is 0.163. The van der Waals surface area contributed by atoms with Crippen molar-refractivity contribution in [2.24, 2.45) is 0 Å². The van der Waals surface area contributed by atoms with Crippen LogP contribution in [0, 0.1) is 6.92 Å². The van der Waals surface area contributed by atoms with Gasteiger partial charge in [-0.1, -0.05) is 159 Å². The Morgan fingerprint density at radius 1 is 0.412 bits per heavy atom. The average Bonchev–Trinajstić information content (AvgIpc) is 3.77. The predicted molar refractivity (Wildman–Crippen MR) is 215 cm³/mol. The van der Waals surface area contributed by atoms with Gasteiger partial charge in [-0.15, -0.1) is 0 Å². The molecule has 0 nitrogen and oxygen atoms in total. The summed E-state index contributed by atoms with van der Waals surface area (Å²) in [6.07, 6.45) is 2.22. The Labute approximate surface area is 300 Å². The zero-order valence-corrected chi connectivity index (χ0v) is 29.3. The topological polar surface area (TPSA) is 0 Å². The summed E-state index contributed by atoms with van der Waals surface area (Å²) in [5.74, 6) is 0. The van der Waals surface area contributed by atoms with Gasteiger partial charge in [0.1, 0.15) is 0 Å². The van der Waals surface area contributed by atoms with Crippen LogP contribution in [0.3, 0.4) is 0 Å². The van der Waals surface area contributed by atoms with Crippen LogP contribution in [-0.4, -0.2) is 0 Å². The van der Waals surface area contributed by atoms with Crippen molar-refractivity contribution in [3.8, 4) is 44.5 Å². The largest absolute Gasteiger partial charge is 0.0620 e. The van der Waals surface area contributed by atoms with Crippen LogP contribution in [0.5, 0.6) is 0 Å². The van der Waals surface area contributed by atoms with E-state index in [0.717, 1.165) is 12.8 Å². The molecule has 1 unspecified atom stereocenters. The number of aryl methyl sites for hydroxylation is 2. The number of benzene rings is 8. The van der Waals surface area contributed by atoms with Crippen LogP contribution in [0.1, 0.15) is 59.2 Å². The van der Waals surface area contributed by atoms with E-state index in [1.807, 2.05) is 0 Å². The van der Waals surface area contributed by atoms with E-state index in [0.29, 0.717) is 0 Å². The maximum atomic E-state index is 2.56. The Morgan fingerprint density at radius 3 is 1.69 bits per heavy atom. The van der Waals surface area contributed by atoms with Gasteiger partial charge in [-0.3, -0.25) is 0 Å². The summed E-state index contributed by atoms with van der Waals surface area (Å²) in [4.78, 5) is 0. The van der Waals surface area contributed by atoms with Crippen molar-refractivity contribution in [1.82, 2.24) is 0 Å². The van der Waals surface area contributed by atoms with E-state index < -0.39 is 0 Å². The zero-order valence-electron chi connectivity index (χ0n) is 29.3. The average molecular weight is 651 g/mol. The standard InChI is InChI=1S/C51H38/c1-31-20-23-41-42(28-31)49(33-21-24-37-35-13-7-10-18-44(35)50(2,3)46(37)29-33)40-16-6-5-15-39(40)48(41)34-22-25-38-36-14-8-11-19-45(36)51(47(38)30-34)27-26-32-12-4-9-17-43(32)51/h4-25,28-30H,26-27H2,1-3H3. The summed E-state index contributed by atoms with van der Waals surface area (Å²) in [5.41, 5.74) is 20.6. The Balaban J connectivity index is 1.18. The third-order valence-corrected chi connectivity index (χ3v) is 12.7. The number of hydrogen-bond donors (Lipinski definition) is 0. The van der Waals surface area contributed by atoms with Gasteiger partial charge in [-0.25, -0.2) is 0 Å². The van der Waals surface area contributed by atoms with Crippen molar-refractivity contribution in [1.29, 1.82) is 0 Å². The molecule has 0 amide bonds. The van der Waals surface area contributed by atoms with Crippen molar-refractivity contribution in [2.75, 3.05) is 0 Å². The molecule has 8 aromatic rings. The molecule has 0 fully saturated rings. The molecule has 0 aliphatic heterocycles. The van der Waals surface area contributed by atoms with E-state index in [2.05, 4.69) is 172 Å². The lowest BCUT2D eigenvalue weighted by atomic mass is 9.73. The monoisotopic (exact) mass is 650 g/mol. The lowest BCUT2D eigenvalue weighted by molar-refractivity contribution is 0.626. The first kappa shape index (κ1) is 29.1. The molecule has 8 aromatic carbocycles. The molecule has 1 atom stereocenters. The molecule has 0 saturated heterocycles. The Kier molecular flexibility index (Phi) is 5.80. The summed E-state index contributed by atoms with van der Waals surface area (Å²) in [5, 5.41) is 5.25. The first-order valence-electron chi connectivity index (χ1n) is 18.5. The molecular formula is C51H38. The van der Waals surface area contributed by atoms with Crippen LogP contribution in [-0.2, 0) is 17.3 Å². The third-order valence-electron chi connectivity index (χ3n) is 12.7. The van der Waals surface area contributed by atoms with Crippen molar-refractivity contribution >= 4 is 21.5 Å². The molecule has 3 aliphatic carbocycles. The third kappa shape index (κ3) is 3.75. The van der Waals surface area contributed by atoms with E-state index >= 15 is 0 Å². The van der Waals surface area contributed by atoms with E-state index in [9.17, 15) is 0 Å². The highest BCUT2D eigenvalue weighted by atomic mass is 14.5. The van der Waals surface area contributed by atoms with Crippen LogP contribution in [0.25, 0.3) is 66.1 Å². The van der Waals surface area contributed by atoms with Gasteiger partial charge >= 0.3 is 0 Å². The second-order valence-corrected chi connectivity index (χ2v) is 15.6. The molecule has 51 heavy (non-hydrogen) atoms. The first-order chi connectivity index (χ1) is 24.9. The first-order valence-corrected chi connectivity index (χ1v) is 18.5. The van der Waals surface area contributed by atoms with Gasteiger partial charge in [-0.05, 0) is 131 Å². The number of hydrogen-bond acceptors (Lipinski definition) is 0. The van der Waals surface area contributed by atoms with E-state index in [1.54, 1.807) is 0 Å². The molecular weight excluding hydrogens is 613 g/mol. The highest BCUT2D eigenvalue weighted by molar-refractivity contribution is 6.21. The highest BCUT2D eigenvalue weighted by Crippen LogP contribution is 2.59. The molecule has 0 aromatic heterocycles. The normalized spacial score (nSPS) is 17.4. The summed E-state index contributed by atoms with van der Waals surface area (Å²) < 4.78 is 0. The summed E-state index contributed by atoms with van der Waals surface area (Å²) >= 11 is 0.